The van der Waals surface area contributed by atoms with Gasteiger partial charge in [0.05, 0.1) is 11.0 Å². The molecule has 1 aromatic heterocycles. The molecule has 1 heterocycles. The zero-order valence-electron chi connectivity index (χ0n) is 12.3. The Morgan fingerprint density at radius 3 is 2.52 bits per heavy atom. The van der Waals surface area contributed by atoms with Gasteiger partial charge in [-0.05, 0) is 23.9 Å². The van der Waals surface area contributed by atoms with Gasteiger partial charge < -0.3 is 10.4 Å². The quantitative estimate of drug-likeness (QED) is 0.772. The number of ketones is 1. The maximum Gasteiger partial charge on any atom is 0.176 e. The Bertz CT molecular complexity index is 553. The molecule has 112 valence electrons. The van der Waals surface area contributed by atoms with Gasteiger partial charge in [-0.1, -0.05) is 43.3 Å². The molecule has 2 rings (SSSR count). The van der Waals surface area contributed by atoms with Crippen molar-refractivity contribution in [3.8, 4) is 0 Å². The molecule has 0 aliphatic carbocycles. The summed E-state index contributed by atoms with van der Waals surface area (Å²) in [5, 5.41) is 15.4. The highest BCUT2D eigenvalue weighted by atomic mass is 32.1. The van der Waals surface area contributed by atoms with Gasteiger partial charge in [0, 0.05) is 18.5 Å². The number of hydrogen-bond acceptors (Lipinski definition) is 4. The van der Waals surface area contributed by atoms with Crippen LogP contribution in [0.3, 0.4) is 0 Å². The van der Waals surface area contributed by atoms with Crippen LogP contribution in [0.25, 0.3) is 0 Å². The van der Waals surface area contributed by atoms with E-state index < -0.39 is 6.10 Å². The lowest BCUT2D eigenvalue weighted by Crippen LogP contribution is -2.37. The number of hydrogen-bond donors (Lipinski definition) is 2. The van der Waals surface area contributed by atoms with Crippen LogP contribution in [0.2, 0.25) is 0 Å². The lowest BCUT2D eigenvalue weighted by Gasteiger charge is -2.22. The van der Waals surface area contributed by atoms with E-state index in [1.165, 1.54) is 11.3 Å². The van der Waals surface area contributed by atoms with E-state index in [0.29, 0.717) is 6.54 Å². The first-order valence-corrected chi connectivity index (χ1v) is 8.01. The number of thiophene rings is 1. The Morgan fingerprint density at radius 2 is 1.90 bits per heavy atom. The Morgan fingerprint density at radius 1 is 1.19 bits per heavy atom. The van der Waals surface area contributed by atoms with Gasteiger partial charge in [0.2, 0.25) is 0 Å². The monoisotopic (exact) mass is 303 g/mol. The van der Waals surface area contributed by atoms with Crippen molar-refractivity contribution in [1.29, 1.82) is 0 Å². The summed E-state index contributed by atoms with van der Waals surface area (Å²) in [6.45, 7) is 4.40. The smallest absolute Gasteiger partial charge is 0.176 e. The van der Waals surface area contributed by atoms with E-state index in [1.54, 1.807) is 0 Å². The predicted molar refractivity (Wildman–Crippen MR) is 86.7 cm³/mol. The molecule has 3 unspecified atom stereocenters. The number of carbonyl (C=O) groups is 1. The number of nitrogens with one attached hydrogen (secondary N) is 1. The van der Waals surface area contributed by atoms with Crippen molar-refractivity contribution < 1.29 is 9.90 Å². The van der Waals surface area contributed by atoms with Crippen molar-refractivity contribution in [1.82, 2.24) is 5.32 Å². The van der Waals surface area contributed by atoms with E-state index in [4.69, 9.17) is 0 Å². The lowest BCUT2D eigenvalue weighted by atomic mass is 10.0. The average Bonchev–Trinajstić information content (AvgIpc) is 3.06. The van der Waals surface area contributed by atoms with E-state index in [9.17, 15) is 9.90 Å². The average molecular weight is 303 g/mol. The summed E-state index contributed by atoms with van der Waals surface area (Å²) < 4.78 is 0. The third-order valence-corrected chi connectivity index (χ3v) is 4.46. The molecule has 21 heavy (non-hydrogen) atoms. The normalized spacial score (nSPS) is 15.4. The fourth-order valence-corrected chi connectivity index (χ4v) is 2.95. The number of rotatable bonds is 7. The third kappa shape index (κ3) is 4.24. The molecule has 0 spiro atoms. The summed E-state index contributed by atoms with van der Waals surface area (Å²) in [6.07, 6.45) is -0.574. The van der Waals surface area contributed by atoms with Crippen molar-refractivity contribution in [3.63, 3.8) is 0 Å². The summed E-state index contributed by atoms with van der Waals surface area (Å²) in [4.78, 5) is 13.0. The minimum Gasteiger partial charge on any atom is -0.387 e. The van der Waals surface area contributed by atoms with E-state index in [1.807, 2.05) is 61.7 Å². The van der Waals surface area contributed by atoms with Crippen molar-refractivity contribution >= 4 is 17.1 Å². The molecule has 0 fully saturated rings. The van der Waals surface area contributed by atoms with Gasteiger partial charge in [-0.3, -0.25) is 4.79 Å². The fourth-order valence-electron chi connectivity index (χ4n) is 2.17. The van der Waals surface area contributed by atoms with Crippen molar-refractivity contribution in [2.75, 3.05) is 6.54 Å². The standard InChI is InChI=1S/C17H21NO2S/c1-12(16(19)15-9-6-10-21-15)11-18-13(2)17(20)14-7-4-3-5-8-14/h3-10,12-13,17-18,20H,11H2,1-2H3. The highest BCUT2D eigenvalue weighted by Gasteiger charge is 2.20. The van der Waals surface area contributed by atoms with Crippen LogP contribution in [0.15, 0.2) is 47.8 Å². The molecule has 0 saturated carbocycles. The molecule has 3 atom stereocenters. The molecule has 3 nitrogen and oxygen atoms in total. The van der Waals surface area contributed by atoms with Gasteiger partial charge in [0.1, 0.15) is 0 Å². The van der Waals surface area contributed by atoms with E-state index in [-0.39, 0.29) is 17.7 Å². The van der Waals surface area contributed by atoms with Crippen molar-refractivity contribution in [2.45, 2.75) is 26.0 Å². The fraction of sp³-hybridized carbons (Fsp3) is 0.353. The van der Waals surface area contributed by atoms with Crippen LogP contribution in [0, 0.1) is 5.92 Å². The van der Waals surface area contributed by atoms with Crippen molar-refractivity contribution in [3.05, 3.63) is 58.3 Å². The minimum absolute atomic E-state index is 0.103. The number of benzene rings is 1. The van der Waals surface area contributed by atoms with Crippen LogP contribution in [-0.2, 0) is 0 Å². The lowest BCUT2D eigenvalue weighted by molar-refractivity contribution is 0.0916. The molecule has 2 aromatic rings. The molecule has 1 aromatic carbocycles. The SMILES string of the molecule is CC(CNC(C)C(O)c1ccccc1)C(=O)c1cccs1. The van der Waals surface area contributed by atoms with E-state index in [2.05, 4.69) is 5.32 Å². The van der Waals surface area contributed by atoms with Crippen LogP contribution >= 0.6 is 11.3 Å². The number of aliphatic hydroxyl groups excluding tert-OH is 1. The van der Waals surface area contributed by atoms with Crippen LogP contribution in [0.4, 0.5) is 0 Å². The Hall–Kier alpha value is -1.49. The molecule has 4 heteroatoms. The second-order valence-corrected chi connectivity index (χ2v) is 6.24. The van der Waals surface area contributed by atoms with Gasteiger partial charge in [0.25, 0.3) is 0 Å². The van der Waals surface area contributed by atoms with Crippen LogP contribution in [-0.4, -0.2) is 23.5 Å². The topological polar surface area (TPSA) is 49.3 Å². The first-order valence-electron chi connectivity index (χ1n) is 7.13. The first-order chi connectivity index (χ1) is 10.1. The largest absolute Gasteiger partial charge is 0.387 e. The zero-order chi connectivity index (χ0) is 15.2. The summed E-state index contributed by atoms with van der Waals surface area (Å²) >= 11 is 1.47. The highest BCUT2D eigenvalue weighted by Crippen LogP contribution is 2.17. The van der Waals surface area contributed by atoms with Gasteiger partial charge >= 0.3 is 0 Å². The number of aliphatic hydroxyl groups is 1. The minimum atomic E-state index is -0.574. The zero-order valence-corrected chi connectivity index (χ0v) is 13.1. The van der Waals surface area contributed by atoms with Gasteiger partial charge in [-0.15, -0.1) is 11.3 Å². The van der Waals surface area contributed by atoms with Gasteiger partial charge in [-0.25, -0.2) is 0 Å². The summed E-state index contributed by atoms with van der Waals surface area (Å²) in [5.41, 5.74) is 0.884. The molecule has 0 bridgehead atoms. The summed E-state index contributed by atoms with van der Waals surface area (Å²) in [7, 11) is 0. The molecule has 0 saturated heterocycles. The summed E-state index contributed by atoms with van der Waals surface area (Å²) in [5.74, 6) is 0.0491. The summed E-state index contributed by atoms with van der Waals surface area (Å²) in [6, 6.07) is 13.2. The maximum absolute atomic E-state index is 12.2. The Balaban J connectivity index is 1.86. The Kier molecular flexibility index (Phi) is 5.67. The molecular formula is C17H21NO2S. The molecule has 0 amide bonds. The van der Waals surface area contributed by atoms with Gasteiger partial charge in [0.15, 0.2) is 5.78 Å². The van der Waals surface area contributed by atoms with Crippen molar-refractivity contribution in [2.24, 2.45) is 5.92 Å². The predicted octanol–water partition coefficient (Wildman–Crippen LogP) is 3.28. The molecule has 2 N–H and O–H groups in total. The van der Waals surface area contributed by atoms with Crippen LogP contribution in [0.5, 0.6) is 0 Å². The maximum atomic E-state index is 12.2. The van der Waals surface area contributed by atoms with Crippen LogP contribution in [0.1, 0.15) is 35.2 Å². The molecule has 0 aliphatic heterocycles. The second-order valence-electron chi connectivity index (χ2n) is 5.30. The first kappa shape index (κ1) is 15.9. The molecule has 0 radical (unpaired) electrons. The number of Topliss-reactive ketones (excluding diaryl/α,β-unsaturated/α-hetero) is 1. The highest BCUT2D eigenvalue weighted by molar-refractivity contribution is 7.12. The van der Waals surface area contributed by atoms with E-state index in [0.717, 1.165) is 10.4 Å². The molecular weight excluding hydrogens is 282 g/mol. The second kappa shape index (κ2) is 7.50. The molecule has 0 aliphatic rings. The third-order valence-electron chi connectivity index (χ3n) is 3.57. The van der Waals surface area contributed by atoms with E-state index >= 15 is 0 Å². The number of carbonyl (C=O) groups excluding carboxylic acids is 1. The van der Waals surface area contributed by atoms with Crippen LogP contribution < -0.4 is 5.32 Å². The Labute approximate surface area is 129 Å². The van der Waals surface area contributed by atoms with Gasteiger partial charge in [-0.2, -0.15) is 0 Å².